The van der Waals surface area contributed by atoms with E-state index in [1.165, 1.54) is 0 Å². The first kappa shape index (κ1) is 13.1. The number of hydrogen-bond donors (Lipinski definition) is 0. The first-order valence-electron chi connectivity index (χ1n) is 6.60. The van der Waals surface area contributed by atoms with Crippen LogP contribution in [0.1, 0.15) is 21.7 Å². The fourth-order valence-electron chi connectivity index (χ4n) is 1.99. The highest BCUT2D eigenvalue weighted by atomic mass is 16.3. The van der Waals surface area contributed by atoms with Gasteiger partial charge in [0.2, 0.25) is 0 Å². The Balaban J connectivity index is 1.85. The molecule has 0 fully saturated rings. The summed E-state index contributed by atoms with van der Waals surface area (Å²) in [5, 5.41) is 0. The van der Waals surface area contributed by atoms with E-state index in [0.717, 1.165) is 0 Å². The maximum absolute atomic E-state index is 12.4. The minimum Gasteiger partial charge on any atom is -0.463 e. The second-order valence-corrected chi connectivity index (χ2v) is 4.52. The number of carbonyl (C=O) groups excluding carboxylic acids is 1. The van der Waals surface area contributed by atoms with Crippen molar-refractivity contribution in [3.63, 3.8) is 0 Å². The fraction of sp³-hybridized carbons (Fsp3) is 0. The molecule has 1 heterocycles. The standard InChI is InChI=1S/C18H13NO2/c20-18(14-6-2-1-3-7-14)15-8-4-9-16(12-15)19-13-17-10-5-11-21-17/h1-13H. The highest BCUT2D eigenvalue weighted by Crippen LogP contribution is 2.17. The van der Waals surface area contributed by atoms with Crippen LogP contribution in [0.2, 0.25) is 0 Å². The van der Waals surface area contributed by atoms with Gasteiger partial charge in [-0.1, -0.05) is 42.5 Å². The van der Waals surface area contributed by atoms with E-state index in [-0.39, 0.29) is 5.78 Å². The number of carbonyl (C=O) groups is 1. The van der Waals surface area contributed by atoms with Crippen molar-refractivity contribution in [2.45, 2.75) is 0 Å². The Morgan fingerprint density at radius 2 is 1.71 bits per heavy atom. The predicted molar refractivity (Wildman–Crippen MR) is 82.3 cm³/mol. The highest BCUT2D eigenvalue weighted by molar-refractivity contribution is 6.09. The van der Waals surface area contributed by atoms with Gasteiger partial charge in [0.25, 0.3) is 0 Å². The number of ketones is 1. The second kappa shape index (κ2) is 6.01. The summed E-state index contributed by atoms with van der Waals surface area (Å²) in [6, 6.07) is 20.1. The molecule has 102 valence electrons. The zero-order valence-electron chi connectivity index (χ0n) is 11.3. The number of furan rings is 1. The van der Waals surface area contributed by atoms with Gasteiger partial charge in [0.05, 0.1) is 18.2 Å². The van der Waals surface area contributed by atoms with E-state index in [9.17, 15) is 4.79 Å². The molecule has 0 aliphatic rings. The normalized spacial score (nSPS) is 10.9. The van der Waals surface area contributed by atoms with E-state index >= 15 is 0 Å². The molecule has 2 aromatic carbocycles. The van der Waals surface area contributed by atoms with Crippen molar-refractivity contribution in [2.75, 3.05) is 0 Å². The van der Waals surface area contributed by atoms with Crippen LogP contribution < -0.4 is 0 Å². The Morgan fingerprint density at radius 1 is 0.905 bits per heavy atom. The summed E-state index contributed by atoms with van der Waals surface area (Å²) in [6.45, 7) is 0. The highest BCUT2D eigenvalue weighted by Gasteiger charge is 2.08. The van der Waals surface area contributed by atoms with Crippen LogP contribution in [0.25, 0.3) is 0 Å². The quantitative estimate of drug-likeness (QED) is 0.527. The number of hydrogen-bond acceptors (Lipinski definition) is 3. The maximum Gasteiger partial charge on any atom is 0.193 e. The van der Waals surface area contributed by atoms with Crippen molar-refractivity contribution in [1.29, 1.82) is 0 Å². The van der Waals surface area contributed by atoms with Crippen molar-refractivity contribution < 1.29 is 9.21 Å². The average molecular weight is 275 g/mol. The van der Waals surface area contributed by atoms with Crippen molar-refractivity contribution >= 4 is 17.7 Å². The summed E-state index contributed by atoms with van der Waals surface area (Å²) in [5.74, 6) is 0.667. The Hall–Kier alpha value is -2.94. The van der Waals surface area contributed by atoms with Crippen LogP contribution in [0, 0.1) is 0 Å². The van der Waals surface area contributed by atoms with E-state index in [1.807, 2.05) is 36.4 Å². The molecule has 0 amide bonds. The summed E-state index contributed by atoms with van der Waals surface area (Å²) < 4.78 is 5.19. The van der Waals surface area contributed by atoms with Gasteiger partial charge in [-0.05, 0) is 24.3 Å². The van der Waals surface area contributed by atoms with Gasteiger partial charge >= 0.3 is 0 Å². The van der Waals surface area contributed by atoms with Gasteiger partial charge < -0.3 is 4.42 Å². The molecule has 0 saturated heterocycles. The van der Waals surface area contributed by atoms with Crippen LogP contribution in [-0.4, -0.2) is 12.0 Å². The maximum atomic E-state index is 12.4. The smallest absolute Gasteiger partial charge is 0.193 e. The molecule has 0 aliphatic heterocycles. The average Bonchev–Trinajstić information content (AvgIpc) is 3.07. The van der Waals surface area contributed by atoms with Gasteiger partial charge in [-0.2, -0.15) is 0 Å². The summed E-state index contributed by atoms with van der Waals surface area (Å²) >= 11 is 0. The molecular formula is C18H13NO2. The van der Waals surface area contributed by atoms with E-state index < -0.39 is 0 Å². The van der Waals surface area contributed by atoms with Gasteiger partial charge in [-0.15, -0.1) is 0 Å². The minimum atomic E-state index is -0.00866. The third kappa shape index (κ3) is 3.15. The molecule has 0 aliphatic carbocycles. The fourth-order valence-corrected chi connectivity index (χ4v) is 1.99. The lowest BCUT2D eigenvalue weighted by Crippen LogP contribution is -2.00. The van der Waals surface area contributed by atoms with Gasteiger partial charge in [0, 0.05) is 11.1 Å². The Morgan fingerprint density at radius 3 is 2.48 bits per heavy atom. The van der Waals surface area contributed by atoms with Gasteiger partial charge in [-0.25, -0.2) is 0 Å². The number of rotatable bonds is 4. The van der Waals surface area contributed by atoms with Crippen molar-refractivity contribution in [3.05, 3.63) is 89.9 Å². The molecule has 0 atom stereocenters. The zero-order valence-corrected chi connectivity index (χ0v) is 11.3. The van der Waals surface area contributed by atoms with E-state index in [1.54, 1.807) is 42.8 Å². The molecular weight excluding hydrogens is 262 g/mol. The second-order valence-electron chi connectivity index (χ2n) is 4.52. The third-order valence-electron chi connectivity index (χ3n) is 3.03. The molecule has 0 unspecified atom stereocenters. The van der Waals surface area contributed by atoms with Crippen LogP contribution in [0.3, 0.4) is 0 Å². The SMILES string of the molecule is O=C(c1ccccc1)c1cccc(N=Cc2ccco2)c1. The van der Waals surface area contributed by atoms with Crippen LogP contribution in [0.5, 0.6) is 0 Å². The largest absolute Gasteiger partial charge is 0.463 e. The molecule has 21 heavy (non-hydrogen) atoms. The molecule has 0 radical (unpaired) electrons. The van der Waals surface area contributed by atoms with Gasteiger partial charge in [0.1, 0.15) is 5.76 Å². The van der Waals surface area contributed by atoms with E-state index in [0.29, 0.717) is 22.6 Å². The molecule has 3 nitrogen and oxygen atoms in total. The third-order valence-corrected chi connectivity index (χ3v) is 3.03. The zero-order chi connectivity index (χ0) is 14.5. The van der Waals surface area contributed by atoms with Gasteiger partial charge in [0.15, 0.2) is 5.78 Å². The van der Waals surface area contributed by atoms with Crippen molar-refractivity contribution in [3.8, 4) is 0 Å². The lowest BCUT2D eigenvalue weighted by molar-refractivity contribution is 0.103. The molecule has 0 bridgehead atoms. The first-order valence-corrected chi connectivity index (χ1v) is 6.60. The predicted octanol–water partition coefficient (Wildman–Crippen LogP) is 4.26. The van der Waals surface area contributed by atoms with Gasteiger partial charge in [-0.3, -0.25) is 9.79 Å². The van der Waals surface area contributed by atoms with Crippen LogP contribution in [-0.2, 0) is 0 Å². The minimum absolute atomic E-state index is 0.00866. The van der Waals surface area contributed by atoms with E-state index in [2.05, 4.69) is 4.99 Å². The van der Waals surface area contributed by atoms with Crippen LogP contribution in [0.15, 0.2) is 82.4 Å². The number of aliphatic imine (C=N–C) groups is 1. The number of benzene rings is 2. The summed E-state index contributed by atoms with van der Waals surface area (Å²) in [6.07, 6.45) is 3.23. The molecule has 3 rings (SSSR count). The lowest BCUT2D eigenvalue weighted by atomic mass is 10.0. The Labute approximate surface area is 122 Å². The van der Waals surface area contributed by atoms with Crippen molar-refractivity contribution in [1.82, 2.24) is 0 Å². The molecule has 0 saturated carbocycles. The van der Waals surface area contributed by atoms with Crippen molar-refractivity contribution in [2.24, 2.45) is 4.99 Å². The van der Waals surface area contributed by atoms with Crippen LogP contribution >= 0.6 is 0 Å². The summed E-state index contributed by atoms with van der Waals surface area (Å²) in [4.78, 5) is 16.7. The topological polar surface area (TPSA) is 42.6 Å². The Bertz CT molecular complexity index is 759. The molecule has 0 spiro atoms. The summed E-state index contributed by atoms with van der Waals surface area (Å²) in [5.41, 5.74) is 2.01. The lowest BCUT2D eigenvalue weighted by Gasteiger charge is -2.02. The van der Waals surface area contributed by atoms with Crippen LogP contribution in [0.4, 0.5) is 5.69 Å². The van der Waals surface area contributed by atoms with E-state index in [4.69, 9.17) is 4.42 Å². The molecule has 0 N–H and O–H groups in total. The first-order chi connectivity index (χ1) is 10.3. The molecule has 1 aromatic heterocycles. The molecule has 3 aromatic rings. The Kier molecular flexibility index (Phi) is 3.74. The number of nitrogens with zero attached hydrogens (tertiary/aromatic N) is 1. The summed E-state index contributed by atoms with van der Waals surface area (Å²) in [7, 11) is 0. The molecule has 3 heteroatoms. The monoisotopic (exact) mass is 275 g/mol.